The Labute approximate surface area is 102 Å². The van der Waals surface area contributed by atoms with Crippen molar-refractivity contribution in [3.63, 3.8) is 0 Å². The molecule has 18 heavy (non-hydrogen) atoms. The zero-order valence-corrected chi connectivity index (χ0v) is 10.0. The summed E-state index contributed by atoms with van der Waals surface area (Å²) in [4.78, 5) is 34.9. The van der Waals surface area contributed by atoms with Gasteiger partial charge in [-0.15, -0.1) is 0 Å². The summed E-state index contributed by atoms with van der Waals surface area (Å²) in [7, 11) is 0. The van der Waals surface area contributed by atoms with Crippen LogP contribution >= 0.6 is 0 Å². The lowest BCUT2D eigenvalue weighted by Crippen LogP contribution is -2.23. The number of carbonyl (C=O) groups is 1. The number of amides is 1. The normalized spacial score (nSPS) is 10.8. The molecule has 0 fully saturated rings. The highest BCUT2D eigenvalue weighted by Gasteiger charge is 2.12. The van der Waals surface area contributed by atoms with Crippen molar-refractivity contribution in [2.45, 2.75) is 13.8 Å². The average molecular weight is 247 g/mol. The van der Waals surface area contributed by atoms with Gasteiger partial charge in [0.1, 0.15) is 0 Å². The number of anilines is 1. The molecular weight excluding hydrogens is 234 g/mol. The van der Waals surface area contributed by atoms with Gasteiger partial charge in [0.2, 0.25) is 5.91 Å². The van der Waals surface area contributed by atoms with Gasteiger partial charge in [0.25, 0.3) is 11.1 Å². The average Bonchev–Trinajstić information content (AvgIpc) is 2.34. The number of rotatable bonds is 2. The first-order chi connectivity index (χ1) is 8.50. The van der Waals surface area contributed by atoms with Crippen LogP contribution in [0.5, 0.6) is 0 Å². The fourth-order valence-electron chi connectivity index (χ4n) is 1.61. The summed E-state index contributed by atoms with van der Waals surface area (Å²) in [6.07, 6.45) is 0. The smallest absolute Gasteiger partial charge is 0.272 e. The minimum atomic E-state index is -0.441. The maximum atomic E-state index is 11.7. The van der Waals surface area contributed by atoms with Gasteiger partial charge in [0.15, 0.2) is 0 Å². The minimum absolute atomic E-state index is 0.190. The van der Waals surface area contributed by atoms with Gasteiger partial charge < -0.3 is 5.32 Å². The van der Waals surface area contributed by atoms with E-state index in [4.69, 9.17) is 0 Å². The maximum absolute atomic E-state index is 11.7. The molecule has 0 radical (unpaired) electrons. The quantitative estimate of drug-likeness (QED) is 0.732. The fourth-order valence-corrected chi connectivity index (χ4v) is 1.61. The van der Waals surface area contributed by atoms with E-state index in [1.54, 1.807) is 26.0 Å². The summed E-state index contributed by atoms with van der Waals surface area (Å²) in [6, 6.07) is 4.75. The molecule has 0 aliphatic carbocycles. The molecule has 0 atom stereocenters. The predicted octanol–water partition coefficient (Wildman–Crippen LogP) is 0.811. The van der Waals surface area contributed by atoms with E-state index in [0.29, 0.717) is 5.69 Å². The molecule has 0 saturated heterocycles. The standard InChI is InChI=1S/C12H13N3O3/c1-6(2)10(16)13-8-5-3-4-7-9(8)12(18)15-14-11(7)17/h3-6H,1-2H3,(H,13,16)(H,14,17)(H,15,18). The second-order valence-electron chi connectivity index (χ2n) is 4.28. The van der Waals surface area contributed by atoms with Crippen LogP contribution in [0.1, 0.15) is 13.8 Å². The topological polar surface area (TPSA) is 94.8 Å². The van der Waals surface area contributed by atoms with Gasteiger partial charge in [-0.05, 0) is 12.1 Å². The van der Waals surface area contributed by atoms with Crippen molar-refractivity contribution in [3.05, 3.63) is 38.9 Å². The SMILES string of the molecule is CC(C)C(=O)Nc1cccc2c(=O)[nH][nH]c(=O)c12. The molecular formula is C12H13N3O3. The summed E-state index contributed by atoms with van der Waals surface area (Å²) in [6.45, 7) is 3.50. The van der Waals surface area contributed by atoms with Crippen LogP contribution in [0.3, 0.4) is 0 Å². The molecule has 3 N–H and O–H groups in total. The number of aromatic amines is 2. The monoisotopic (exact) mass is 247 g/mol. The van der Waals surface area contributed by atoms with Crippen LogP contribution in [-0.2, 0) is 4.79 Å². The Balaban J connectivity index is 2.66. The lowest BCUT2D eigenvalue weighted by molar-refractivity contribution is -0.118. The molecule has 1 amide bonds. The van der Waals surface area contributed by atoms with Crippen molar-refractivity contribution < 1.29 is 4.79 Å². The van der Waals surface area contributed by atoms with Gasteiger partial charge in [0, 0.05) is 5.92 Å². The van der Waals surface area contributed by atoms with Crippen molar-refractivity contribution in [2.24, 2.45) is 5.92 Å². The number of nitrogens with one attached hydrogen (secondary N) is 3. The van der Waals surface area contributed by atoms with Crippen LogP contribution in [0.4, 0.5) is 5.69 Å². The molecule has 0 bridgehead atoms. The van der Waals surface area contributed by atoms with Gasteiger partial charge in [-0.1, -0.05) is 19.9 Å². The van der Waals surface area contributed by atoms with Crippen molar-refractivity contribution in [2.75, 3.05) is 5.32 Å². The zero-order valence-electron chi connectivity index (χ0n) is 10.0. The number of H-pyrrole nitrogens is 2. The molecule has 1 aromatic carbocycles. The third-order valence-electron chi connectivity index (χ3n) is 2.61. The number of aromatic nitrogens is 2. The first-order valence-corrected chi connectivity index (χ1v) is 5.55. The third kappa shape index (κ3) is 2.04. The van der Waals surface area contributed by atoms with E-state index in [1.807, 2.05) is 0 Å². The molecule has 1 aromatic heterocycles. The van der Waals surface area contributed by atoms with E-state index in [9.17, 15) is 14.4 Å². The maximum Gasteiger partial charge on any atom is 0.272 e. The fraction of sp³-hybridized carbons (Fsp3) is 0.250. The molecule has 0 spiro atoms. The Bertz CT molecular complexity index is 712. The largest absolute Gasteiger partial charge is 0.325 e. The highest BCUT2D eigenvalue weighted by molar-refractivity contribution is 6.01. The molecule has 6 nitrogen and oxygen atoms in total. The first-order valence-electron chi connectivity index (χ1n) is 5.55. The van der Waals surface area contributed by atoms with Crippen LogP contribution in [-0.4, -0.2) is 16.1 Å². The summed E-state index contributed by atoms with van der Waals surface area (Å²) in [5, 5.41) is 7.56. The van der Waals surface area contributed by atoms with Crippen LogP contribution in [0.25, 0.3) is 10.8 Å². The van der Waals surface area contributed by atoms with Gasteiger partial charge in [0.05, 0.1) is 16.5 Å². The number of benzene rings is 1. The van der Waals surface area contributed by atoms with E-state index in [-0.39, 0.29) is 22.6 Å². The molecule has 2 aromatic rings. The van der Waals surface area contributed by atoms with Crippen LogP contribution in [0.15, 0.2) is 27.8 Å². The van der Waals surface area contributed by atoms with E-state index >= 15 is 0 Å². The highest BCUT2D eigenvalue weighted by atomic mass is 16.2. The molecule has 0 unspecified atom stereocenters. The molecule has 6 heteroatoms. The summed E-state index contributed by atoms with van der Waals surface area (Å²) in [5.41, 5.74) is -0.493. The third-order valence-corrected chi connectivity index (χ3v) is 2.61. The lowest BCUT2D eigenvalue weighted by atomic mass is 10.1. The number of hydrogen-bond acceptors (Lipinski definition) is 3. The van der Waals surface area contributed by atoms with Gasteiger partial charge in [-0.25, -0.2) is 0 Å². The van der Waals surface area contributed by atoms with E-state index in [1.165, 1.54) is 6.07 Å². The van der Waals surface area contributed by atoms with E-state index in [0.717, 1.165) is 0 Å². The number of hydrogen-bond donors (Lipinski definition) is 3. The van der Waals surface area contributed by atoms with Gasteiger partial charge in [-0.2, -0.15) is 0 Å². The van der Waals surface area contributed by atoms with E-state index < -0.39 is 11.1 Å². The van der Waals surface area contributed by atoms with Crippen LogP contribution in [0.2, 0.25) is 0 Å². The van der Waals surface area contributed by atoms with Crippen molar-refractivity contribution >= 4 is 22.4 Å². The van der Waals surface area contributed by atoms with Gasteiger partial charge in [-0.3, -0.25) is 24.6 Å². The van der Waals surface area contributed by atoms with E-state index in [2.05, 4.69) is 15.5 Å². The predicted molar refractivity (Wildman–Crippen MR) is 68.7 cm³/mol. The molecule has 2 rings (SSSR count). The number of fused-ring (bicyclic) bond motifs is 1. The second-order valence-corrected chi connectivity index (χ2v) is 4.28. The summed E-state index contributed by atoms with van der Waals surface area (Å²) in [5.74, 6) is -0.413. The van der Waals surface area contributed by atoms with Crippen molar-refractivity contribution in [1.82, 2.24) is 10.2 Å². The molecule has 1 heterocycles. The molecule has 0 aliphatic heterocycles. The lowest BCUT2D eigenvalue weighted by Gasteiger charge is -2.09. The van der Waals surface area contributed by atoms with Crippen LogP contribution < -0.4 is 16.4 Å². The van der Waals surface area contributed by atoms with Crippen molar-refractivity contribution in [1.29, 1.82) is 0 Å². The zero-order chi connectivity index (χ0) is 13.3. The highest BCUT2D eigenvalue weighted by Crippen LogP contribution is 2.17. The Hall–Kier alpha value is -2.37. The Morgan fingerprint density at radius 1 is 1.17 bits per heavy atom. The van der Waals surface area contributed by atoms with Gasteiger partial charge >= 0.3 is 0 Å². The Morgan fingerprint density at radius 2 is 1.83 bits per heavy atom. The minimum Gasteiger partial charge on any atom is -0.325 e. The second kappa shape index (κ2) is 4.48. The summed E-state index contributed by atoms with van der Waals surface area (Å²) < 4.78 is 0. The molecule has 94 valence electrons. The summed E-state index contributed by atoms with van der Waals surface area (Å²) >= 11 is 0. The Kier molecular flexibility index (Phi) is 3.01. The Morgan fingerprint density at radius 3 is 2.50 bits per heavy atom. The van der Waals surface area contributed by atoms with Crippen molar-refractivity contribution in [3.8, 4) is 0 Å². The van der Waals surface area contributed by atoms with Crippen LogP contribution in [0, 0.1) is 5.92 Å². The number of carbonyl (C=O) groups excluding carboxylic acids is 1. The first kappa shape index (κ1) is 12.1. The molecule has 0 aliphatic rings. The molecule has 0 saturated carbocycles.